The zero-order chi connectivity index (χ0) is 15.9. The molecule has 0 fully saturated rings. The Morgan fingerprint density at radius 3 is 2.59 bits per heavy atom. The number of hydrogen-bond acceptors (Lipinski definition) is 3. The Labute approximate surface area is 132 Å². The quantitative estimate of drug-likeness (QED) is 0.888. The average molecular weight is 324 g/mol. The first-order valence-electron chi connectivity index (χ1n) is 6.56. The fraction of sp³-hybridized carbons (Fsp3) is 0.188. The molecule has 2 rings (SSSR count). The van der Waals surface area contributed by atoms with E-state index in [1.165, 1.54) is 31.4 Å². The van der Waals surface area contributed by atoms with Gasteiger partial charge in [0.15, 0.2) is 6.61 Å². The van der Waals surface area contributed by atoms with E-state index in [-0.39, 0.29) is 18.3 Å². The second-order valence-corrected chi connectivity index (χ2v) is 4.90. The molecule has 6 heteroatoms. The molecule has 2 aromatic rings. The van der Waals surface area contributed by atoms with E-state index >= 15 is 0 Å². The van der Waals surface area contributed by atoms with Crippen molar-refractivity contribution in [2.75, 3.05) is 13.7 Å². The van der Waals surface area contributed by atoms with Crippen molar-refractivity contribution < 1.29 is 18.7 Å². The number of rotatable bonds is 6. The highest BCUT2D eigenvalue weighted by Gasteiger charge is 2.05. The van der Waals surface area contributed by atoms with Crippen molar-refractivity contribution in [2.24, 2.45) is 0 Å². The van der Waals surface area contributed by atoms with E-state index in [0.717, 1.165) is 5.56 Å². The van der Waals surface area contributed by atoms with Gasteiger partial charge in [-0.3, -0.25) is 4.79 Å². The van der Waals surface area contributed by atoms with E-state index in [9.17, 15) is 9.18 Å². The van der Waals surface area contributed by atoms with Crippen molar-refractivity contribution in [2.45, 2.75) is 6.54 Å². The van der Waals surface area contributed by atoms with Gasteiger partial charge >= 0.3 is 0 Å². The van der Waals surface area contributed by atoms with Crippen molar-refractivity contribution in [1.82, 2.24) is 5.32 Å². The summed E-state index contributed by atoms with van der Waals surface area (Å²) in [5, 5.41) is 3.19. The number of carbonyl (C=O) groups excluding carboxylic acids is 1. The lowest BCUT2D eigenvalue weighted by atomic mass is 10.2. The smallest absolute Gasteiger partial charge is 0.258 e. The SMILES string of the molecule is COc1ccc(CNC(=O)COc2ccc(F)cc2)cc1Cl. The summed E-state index contributed by atoms with van der Waals surface area (Å²) in [6.07, 6.45) is 0. The zero-order valence-electron chi connectivity index (χ0n) is 11.9. The van der Waals surface area contributed by atoms with E-state index in [4.69, 9.17) is 21.1 Å². The van der Waals surface area contributed by atoms with Crippen LogP contribution in [0, 0.1) is 5.82 Å². The van der Waals surface area contributed by atoms with E-state index in [2.05, 4.69) is 5.32 Å². The normalized spacial score (nSPS) is 10.1. The largest absolute Gasteiger partial charge is 0.495 e. The molecule has 0 saturated heterocycles. The van der Waals surface area contributed by atoms with E-state index in [1.54, 1.807) is 12.1 Å². The van der Waals surface area contributed by atoms with Gasteiger partial charge in [0, 0.05) is 6.54 Å². The highest BCUT2D eigenvalue weighted by Crippen LogP contribution is 2.24. The van der Waals surface area contributed by atoms with Crippen LogP contribution in [-0.2, 0) is 11.3 Å². The Morgan fingerprint density at radius 2 is 1.95 bits per heavy atom. The van der Waals surface area contributed by atoms with Crippen LogP contribution < -0.4 is 14.8 Å². The summed E-state index contributed by atoms with van der Waals surface area (Å²) in [6.45, 7) is 0.185. The Kier molecular flexibility index (Phi) is 5.61. The third kappa shape index (κ3) is 4.63. The highest BCUT2D eigenvalue weighted by atomic mass is 35.5. The molecule has 0 aliphatic rings. The number of halogens is 2. The maximum absolute atomic E-state index is 12.7. The molecule has 116 valence electrons. The Hall–Kier alpha value is -2.27. The fourth-order valence-electron chi connectivity index (χ4n) is 1.75. The van der Waals surface area contributed by atoms with Crippen LogP contribution in [-0.4, -0.2) is 19.6 Å². The molecule has 0 atom stereocenters. The van der Waals surface area contributed by atoms with Gasteiger partial charge in [-0.05, 0) is 42.0 Å². The number of benzene rings is 2. The van der Waals surface area contributed by atoms with Crippen LogP contribution in [0.25, 0.3) is 0 Å². The molecular formula is C16H15ClFNO3. The van der Waals surface area contributed by atoms with Crippen LogP contribution >= 0.6 is 11.6 Å². The van der Waals surface area contributed by atoms with Crippen LogP contribution in [0.5, 0.6) is 11.5 Å². The fourth-order valence-corrected chi connectivity index (χ4v) is 2.03. The number of methoxy groups -OCH3 is 1. The molecule has 4 nitrogen and oxygen atoms in total. The Balaban J connectivity index is 1.80. The van der Waals surface area contributed by atoms with Gasteiger partial charge in [-0.1, -0.05) is 17.7 Å². The molecule has 22 heavy (non-hydrogen) atoms. The lowest BCUT2D eigenvalue weighted by Crippen LogP contribution is -2.28. The van der Waals surface area contributed by atoms with E-state index in [1.807, 2.05) is 6.07 Å². The third-order valence-electron chi connectivity index (χ3n) is 2.89. The Morgan fingerprint density at radius 1 is 1.23 bits per heavy atom. The van der Waals surface area contributed by atoms with Crippen LogP contribution in [0.15, 0.2) is 42.5 Å². The zero-order valence-corrected chi connectivity index (χ0v) is 12.7. The molecule has 0 aromatic heterocycles. The van der Waals surface area contributed by atoms with Crippen LogP contribution in [0.1, 0.15) is 5.56 Å². The lowest BCUT2D eigenvalue weighted by molar-refractivity contribution is -0.123. The average Bonchev–Trinajstić information content (AvgIpc) is 2.52. The van der Waals surface area contributed by atoms with Crippen LogP contribution in [0.3, 0.4) is 0 Å². The molecule has 1 N–H and O–H groups in total. The molecule has 0 unspecified atom stereocenters. The summed E-state index contributed by atoms with van der Waals surface area (Å²) < 4.78 is 23.0. The summed E-state index contributed by atoms with van der Waals surface area (Å²) in [7, 11) is 1.54. The van der Waals surface area contributed by atoms with E-state index < -0.39 is 0 Å². The van der Waals surface area contributed by atoms with Gasteiger partial charge in [0.05, 0.1) is 12.1 Å². The van der Waals surface area contributed by atoms with Gasteiger partial charge in [-0.15, -0.1) is 0 Å². The number of ether oxygens (including phenoxy) is 2. The topological polar surface area (TPSA) is 47.6 Å². The molecule has 0 aliphatic carbocycles. The third-order valence-corrected chi connectivity index (χ3v) is 3.18. The van der Waals surface area contributed by atoms with Crippen LogP contribution in [0.2, 0.25) is 5.02 Å². The minimum Gasteiger partial charge on any atom is -0.495 e. The van der Waals surface area contributed by atoms with Gasteiger partial charge in [0.2, 0.25) is 0 Å². The van der Waals surface area contributed by atoms with Gasteiger partial charge in [-0.25, -0.2) is 4.39 Å². The molecule has 0 aliphatic heterocycles. The maximum atomic E-state index is 12.7. The van der Waals surface area contributed by atoms with Crippen molar-refractivity contribution in [3.05, 3.63) is 58.9 Å². The molecule has 0 bridgehead atoms. The summed E-state index contributed by atoms with van der Waals surface area (Å²) in [5.74, 6) is 0.380. The number of hydrogen-bond donors (Lipinski definition) is 1. The van der Waals surface area contributed by atoms with Gasteiger partial charge in [0.1, 0.15) is 17.3 Å². The number of nitrogens with one attached hydrogen (secondary N) is 1. The summed E-state index contributed by atoms with van der Waals surface area (Å²) in [4.78, 5) is 11.7. The first-order valence-corrected chi connectivity index (χ1v) is 6.94. The molecule has 2 aromatic carbocycles. The lowest BCUT2D eigenvalue weighted by Gasteiger charge is -2.09. The summed E-state index contributed by atoms with van der Waals surface area (Å²) in [5.41, 5.74) is 0.848. The molecule has 0 spiro atoms. The van der Waals surface area contributed by atoms with Crippen molar-refractivity contribution in [1.29, 1.82) is 0 Å². The molecule has 1 amide bonds. The van der Waals surface area contributed by atoms with E-state index in [0.29, 0.717) is 23.1 Å². The summed E-state index contributed by atoms with van der Waals surface area (Å²) >= 11 is 6.01. The monoisotopic (exact) mass is 323 g/mol. The first kappa shape index (κ1) is 16.1. The standard InChI is InChI=1S/C16H15ClFNO3/c1-21-15-7-2-11(8-14(15)17)9-19-16(20)10-22-13-5-3-12(18)4-6-13/h2-8H,9-10H2,1H3,(H,19,20). The van der Waals surface area contributed by atoms with Gasteiger partial charge < -0.3 is 14.8 Å². The van der Waals surface area contributed by atoms with Crippen molar-refractivity contribution in [3.63, 3.8) is 0 Å². The van der Waals surface area contributed by atoms with Crippen LogP contribution in [0.4, 0.5) is 4.39 Å². The second kappa shape index (κ2) is 7.66. The first-order chi connectivity index (χ1) is 10.6. The molecular weight excluding hydrogens is 309 g/mol. The minimum atomic E-state index is -0.354. The van der Waals surface area contributed by atoms with Gasteiger partial charge in [-0.2, -0.15) is 0 Å². The second-order valence-electron chi connectivity index (χ2n) is 4.49. The molecule has 0 radical (unpaired) electrons. The predicted octanol–water partition coefficient (Wildman–Crippen LogP) is 3.18. The maximum Gasteiger partial charge on any atom is 0.258 e. The number of carbonyl (C=O) groups is 1. The van der Waals surface area contributed by atoms with Crippen molar-refractivity contribution >= 4 is 17.5 Å². The molecule has 0 saturated carbocycles. The predicted molar refractivity (Wildman–Crippen MR) is 81.7 cm³/mol. The Bertz CT molecular complexity index is 646. The number of amides is 1. The summed E-state index contributed by atoms with van der Waals surface area (Å²) in [6, 6.07) is 10.7. The van der Waals surface area contributed by atoms with Gasteiger partial charge in [0.25, 0.3) is 5.91 Å². The highest BCUT2D eigenvalue weighted by molar-refractivity contribution is 6.32. The minimum absolute atomic E-state index is 0.143. The molecule has 0 heterocycles. The van der Waals surface area contributed by atoms with Crippen molar-refractivity contribution in [3.8, 4) is 11.5 Å².